The summed E-state index contributed by atoms with van der Waals surface area (Å²) in [5, 5.41) is 13.4. The van der Waals surface area contributed by atoms with Crippen LogP contribution in [0.15, 0.2) is 16.9 Å². The minimum Gasteiger partial charge on any atom is -0.425 e. The van der Waals surface area contributed by atoms with Gasteiger partial charge in [0.25, 0.3) is 0 Å². The van der Waals surface area contributed by atoms with Crippen LogP contribution in [0.2, 0.25) is 0 Å². The summed E-state index contributed by atoms with van der Waals surface area (Å²) in [5.74, 6) is 2.51. The van der Waals surface area contributed by atoms with E-state index in [1.165, 1.54) is 0 Å². The van der Waals surface area contributed by atoms with Crippen LogP contribution in [0.25, 0.3) is 11.0 Å². The van der Waals surface area contributed by atoms with Crippen molar-refractivity contribution in [1.82, 2.24) is 29.9 Å². The lowest BCUT2D eigenvalue weighted by molar-refractivity contribution is 0.387. The maximum absolute atomic E-state index is 5.60. The Morgan fingerprint density at radius 3 is 3.00 bits per heavy atom. The van der Waals surface area contributed by atoms with E-state index in [0.717, 1.165) is 48.7 Å². The molecule has 3 aromatic rings. The van der Waals surface area contributed by atoms with Gasteiger partial charge in [-0.25, -0.2) is 9.97 Å². The Hall–Kier alpha value is -2.51. The summed E-state index contributed by atoms with van der Waals surface area (Å²) in [7, 11) is 1.89. The number of hydrogen-bond acceptors (Lipinski definition) is 7. The Kier molecular flexibility index (Phi) is 3.02. The van der Waals surface area contributed by atoms with Crippen LogP contribution in [0.5, 0.6) is 0 Å². The predicted molar refractivity (Wildman–Crippen MR) is 79.5 cm³/mol. The number of aromatic nitrogens is 6. The molecular weight excluding hydrogens is 282 g/mol. The smallest absolute Gasteiger partial charge is 0.221 e. The molecule has 114 valence electrons. The Morgan fingerprint density at radius 1 is 1.27 bits per heavy atom. The first kappa shape index (κ1) is 13.2. The van der Waals surface area contributed by atoms with Crippen molar-refractivity contribution >= 4 is 16.9 Å². The molecule has 1 aliphatic heterocycles. The third-order valence-electron chi connectivity index (χ3n) is 4.12. The van der Waals surface area contributed by atoms with Gasteiger partial charge in [-0.2, -0.15) is 5.10 Å². The molecule has 4 heterocycles. The van der Waals surface area contributed by atoms with Crippen molar-refractivity contribution in [2.75, 3.05) is 18.0 Å². The lowest BCUT2D eigenvalue weighted by atomic mass is 9.98. The van der Waals surface area contributed by atoms with E-state index in [9.17, 15) is 0 Å². The summed E-state index contributed by atoms with van der Waals surface area (Å²) < 4.78 is 7.37. The van der Waals surface area contributed by atoms with Crippen LogP contribution in [0.4, 0.5) is 5.82 Å². The molecule has 0 radical (unpaired) electrons. The van der Waals surface area contributed by atoms with Crippen LogP contribution in [0.1, 0.15) is 30.5 Å². The van der Waals surface area contributed by atoms with Crippen LogP contribution >= 0.6 is 0 Å². The van der Waals surface area contributed by atoms with Crippen LogP contribution in [0, 0.1) is 6.92 Å². The largest absolute Gasteiger partial charge is 0.425 e. The molecule has 1 atom stereocenters. The molecule has 1 unspecified atom stereocenters. The highest BCUT2D eigenvalue weighted by Crippen LogP contribution is 2.31. The van der Waals surface area contributed by atoms with Gasteiger partial charge in [0.1, 0.15) is 12.1 Å². The molecule has 0 spiro atoms. The number of aryl methyl sites for hydroxylation is 2. The van der Waals surface area contributed by atoms with E-state index in [1.807, 2.05) is 20.2 Å². The van der Waals surface area contributed by atoms with E-state index in [4.69, 9.17) is 4.42 Å². The van der Waals surface area contributed by atoms with Gasteiger partial charge in [-0.15, -0.1) is 10.2 Å². The van der Waals surface area contributed by atoms with Crippen LogP contribution in [-0.4, -0.2) is 43.0 Å². The molecule has 0 saturated carbocycles. The molecule has 3 aromatic heterocycles. The van der Waals surface area contributed by atoms with E-state index >= 15 is 0 Å². The Bertz CT molecular complexity index is 808. The van der Waals surface area contributed by atoms with Crippen molar-refractivity contribution in [3.05, 3.63) is 24.3 Å². The van der Waals surface area contributed by atoms with Crippen molar-refractivity contribution in [3.8, 4) is 0 Å². The zero-order valence-corrected chi connectivity index (χ0v) is 12.6. The minimum absolute atomic E-state index is 0.247. The summed E-state index contributed by atoms with van der Waals surface area (Å²) in [5.41, 5.74) is 0.848. The molecule has 4 rings (SSSR count). The molecule has 0 amide bonds. The van der Waals surface area contributed by atoms with Crippen molar-refractivity contribution < 1.29 is 4.42 Å². The van der Waals surface area contributed by atoms with Crippen molar-refractivity contribution in [2.45, 2.75) is 25.7 Å². The molecular formula is C14H17N7O. The number of rotatable bonds is 2. The lowest BCUT2D eigenvalue weighted by Gasteiger charge is -2.32. The normalized spacial score (nSPS) is 19.0. The second-order valence-corrected chi connectivity index (χ2v) is 5.65. The van der Waals surface area contributed by atoms with Crippen LogP contribution in [0.3, 0.4) is 0 Å². The fourth-order valence-corrected chi connectivity index (χ4v) is 3.05. The third-order valence-corrected chi connectivity index (χ3v) is 4.12. The second-order valence-electron chi connectivity index (χ2n) is 5.65. The van der Waals surface area contributed by atoms with E-state index in [-0.39, 0.29) is 5.92 Å². The minimum atomic E-state index is 0.247. The van der Waals surface area contributed by atoms with Gasteiger partial charge in [-0.1, -0.05) is 0 Å². The average molecular weight is 299 g/mol. The second kappa shape index (κ2) is 5.04. The topological polar surface area (TPSA) is 85.8 Å². The molecule has 22 heavy (non-hydrogen) atoms. The summed E-state index contributed by atoms with van der Waals surface area (Å²) in [6, 6.07) is 0. The maximum Gasteiger partial charge on any atom is 0.221 e. The first-order chi connectivity index (χ1) is 10.7. The molecule has 0 bridgehead atoms. The fraction of sp³-hybridized carbons (Fsp3) is 0.500. The molecule has 8 nitrogen and oxygen atoms in total. The first-order valence-corrected chi connectivity index (χ1v) is 7.40. The van der Waals surface area contributed by atoms with Gasteiger partial charge >= 0.3 is 0 Å². The van der Waals surface area contributed by atoms with Crippen molar-refractivity contribution in [3.63, 3.8) is 0 Å². The first-order valence-electron chi connectivity index (χ1n) is 7.40. The Labute approximate surface area is 127 Å². The molecule has 0 aliphatic carbocycles. The van der Waals surface area contributed by atoms with Crippen molar-refractivity contribution in [2.24, 2.45) is 7.05 Å². The van der Waals surface area contributed by atoms with Gasteiger partial charge < -0.3 is 9.32 Å². The van der Waals surface area contributed by atoms with Gasteiger partial charge in [-0.05, 0) is 12.8 Å². The fourth-order valence-electron chi connectivity index (χ4n) is 3.05. The molecule has 0 N–H and O–H groups in total. The zero-order valence-electron chi connectivity index (χ0n) is 12.6. The average Bonchev–Trinajstić information content (AvgIpc) is 3.14. The highest BCUT2D eigenvalue weighted by Gasteiger charge is 2.27. The SMILES string of the molecule is Cc1nnc(C2CCCN(c3ncnc4c3cnn4C)C2)o1. The monoisotopic (exact) mass is 299 g/mol. The predicted octanol–water partition coefficient (Wildman–Crippen LogP) is 1.44. The van der Waals surface area contributed by atoms with Gasteiger partial charge in [0.05, 0.1) is 17.5 Å². The lowest BCUT2D eigenvalue weighted by Crippen LogP contribution is -2.35. The third kappa shape index (κ3) is 2.11. The van der Waals surface area contributed by atoms with Crippen LogP contribution < -0.4 is 4.90 Å². The van der Waals surface area contributed by atoms with E-state index < -0.39 is 0 Å². The number of anilines is 1. The number of hydrogen-bond donors (Lipinski definition) is 0. The Morgan fingerprint density at radius 2 is 2.18 bits per heavy atom. The number of piperidine rings is 1. The highest BCUT2D eigenvalue weighted by molar-refractivity contribution is 5.86. The molecule has 8 heteroatoms. The maximum atomic E-state index is 5.60. The molecule has 1 fully saturated rings. The van der Waals surface area contributed by atoms with Crippen molar-refractivity contribution in [1.29, 1.82) is 0 Å². The number of fused-ring (bicyclic) bond motifs is 1. The van der Waals surface area contributed by atoms with E-state index in [0.29, 0.717) is 5.89 Å². The summed E-state index contributed by atoms with van der Waals surface area (Å²) in [6.07, 6.45) is 5.54. The molecule has 0 aromatic carbocycles. The Balaban J connectivity index is 1.66. The van der Waals surface area contributed by atoms with Gasteiger partial charge in [0.2, 0.25) is 11.8 Å². The molecule has 1 aliphatic rings. The quantitative estimate of drug-likeness (QED) is 0.707. The van der Waals surface area contributed by atoms with Gasteiger partial charge in [-0.3, -0.25) is 4.68 Å². The zero-order chi connectivity index (χ0) is 15.1. The standard InChI is InChI=1S/C14H17N7O/c1-9-18-19-14(22-9)10-4-3-5-21(7-10)13-11-6-17-20(2)12(11)15-8-16-13/h6,8,10H,3-5,7H2,1-2H3. The van der Waals surface area contributed by atoms with E-state index in [1.54, 1.807) is 11.0 Å². The summed E-state index contributed by atoms with van der Waals surface area (Å²) >= 11 is 0. The number of nitrogens with zero attached hydrogens (tertiary/aromatic N) is 7. The van der Waals surface area contributed by atoms with E-state index in [2.05, 4.69) is 30.2 Å². The van der Waals surface area contributed by atoms with Gasteiger partial charge in [0, 0.05) is 27.1 Å². The summed E-state index contributed by atoms with van der Waals surface area (Å²) in [4.78, 5) is 11.0. The summed E-state index contributed by atoms with van der Waals surface area (Å²) in [6.45, 7) is 3.61. The van der Waals surface area contributed by atoms with Crippen LogP contribution in [-0.2, 0) is 7.05 Å². The highest BCUT2D eigenvalue weighted by atomic mass is 16.4. The molecule has 1 saturated heterocycles. The van der Waals surface area contributed by atoms with Gasteiger partial charge in [0.15, 0.2) is 5.65 Å².